The zero-order valence-electron chi connectivity index (χ0n) is 15.6. The first-order valence-corrected chi connectivity index (χ1v) is 10.2. The van der Waals surface area contributed by atoms with Crippen molar-refractivity contribution in [1.29, 1.82) is 0 Å². The van der Waals surface area contributed by atoms with Crippen molar-refractivity contribution in [3.8, 4) is 0 Å². The molecule has 140 valence electrons. The maximum absolute atomic E-state index is 12.9. The van der Waals surface area contributed by atoms with Gasteiger partial charge in [0.05, 0.1) is 11.9 Å². The van der Waals surface area contributed by atoms with Crippen molar-refractivity contribution < 1.29 is 4.79 Å². The molecular formula is C21H23N3O2S. The Hall–Kier alpha value is -2.47. The van der Waals surface area contributed by atoms with E-state index in [0.717, 1.165) is 40.1 Å². The number of fused-ring (bicyclic) bond motifs is 1. The number of aryl methyl sites for hydroxylation is 2. The Bertz CT molecular complexity index is 1030. The molecule has 0 atom stereocenters. The number of aromatic nitrogens is 2. The highest BCUT2D eigenvalue weighted by molar-refractivity contribution is 7.18. The van der Waals surface area contributed by atoms with Crippen molar-refractivity contribution in [2.45, 2.75) is 46.2 Å². The van der Waals surface area contributed by atoms with Gasteiger partial charge in [-0.2, -0.15) is 0 Å². The second-order valence-corrected chi connectivity index (χ2v) is 8.49. The SMILES string of the molecule is Cc1sc2nc(CN(Cc3ccccc3)C(=O)C3CCC3)[nH]c(=O)c2c1C. The van der Waals surface area contributed by atoms with E-state index in [1.165, 1.54) is 11.3 Å². The summed E-state index contributed by atoms with van der Waals surface area (Å²) in [5.41, 5.74) is 1.95. The fraction of sp³-hybridized carbons (Fsp3) is 0.381. The molecule has 1 saturated carbocycles. The Morgan fingerprint density at radius 2 is 1.96 bits per heavy atom. The second kappa shape index (κ2) is 7.27. The van der Waals surface area contributed by atoms with Gasteiger partial charge in [0.1, 0.15) is 10.7 Å². The van der Waals surface area contributed by atoms with Crippen LogP contribution < -0.4 is 5.56 Å². The van der Waals surface area contributed by atoms with Crippen molar-refractivity contribution in [2.75, 3.05) is 0 Å². The topological polar surface area (TPSA) is 66.1 Å². The van der Waals surface area contributed by atoms with Gasteiger partial charge in [-0.15, -0.1) is 11.3 Å². The lowest BCUT2D eigenvalue weighted by atomic mass is 9.84. The van der Waals surface area contributed by atoms with Gasteiger partial charge in [-0.25, -0.2) is 4.98 Å². The molecule has 6 heteroatoms. The van der Waals surface area contributed by atoms with Crippen LogP contribution in [-0.2, 0) is 17.9 Å². The third kappa shape index (κ3) is 3.54. The quantitative estimate of drug-likeness (QED) is 0.728. The van der Waals surface area contributed by atoms with Crippen LogP contribution in [0.4, 0.5) is 0 Å². The van der Waals surface area contributed by atoms with Gasteiger partial charge < -0.3 is 9.88 Å². The van der Waals surface area contributed by atoms with Gasteiger partial charge in [-0.1, -0.05) is 36.8 Å². The highest BCUT2D eigenvalue weighted by Gasteiger charge is 2.30. The van der Waals surface area contributed by atoms with Crippen LogP contribution in [0.5, 0.6) is 0 Å². The van der Waals surface area contributed by atoms with Gasteiger partial charge in [0, 0.05) is 17.3 Å². The van der Waals surface area contributed by atoms with Crippen LogP contribution >= 0.6 is 11.3 Å². The lowest BCUT2D eigenvalue weighted by Crippen LogP contribution is -2.38. The number of carbonyl (C=O) groups is 1. The van der Waals surface area contributed by atoms with Gasteiger partial charge in [-0.3, -0.25) is 9.59 Å². The average Bonchev–Trinajstić information content (AvgIpc) is 2.88. The fourth-order valence-electron chi connectivity index (χ4n) is 3.48. The molecule has 1 aliphatic carbocycles. The van der Waals surface area contributed by atoms with Crippen LogP contribution in [-0.4, -0.2) is 20.8 Å². The number of benzene rings is 1. The monoisotopic (exact) mass is 381 g/mol. The van der Waals surface area contributed by atoms with Crippen LogP contribution in [0.1, 0.15) is 41.1 Å². The van der Waals surface area contributed by atoms with Crippen molar-refractivity contribution in [2.24, 2.45) is 5.92 Å². The maximum atomic E-state index is 12.9. The number of hydrogen-bond acceptors (Lipinski definition) is 4. The molecule has 0 bridgehead atoms. The molecule has 0 aliphatic heterocycles. The van der Waals surface area contributed by atoms with Gasteiger partial charge in [-0.05, 0) is 37.8 Å². The van der Waals surface area contributed by atoms with Crippen molar-refractivity contribution >= 4 is 27.5 Å². The highest BCUT2D eigenvalue weighted by atomic mass is 32.1. The molecule has 0 unspecified atom stereocenters. The normalized spacial score (nSPS) is 14.3. The van der Waals surface area contributed by atoms with Crippen LogP contribution in [0.2, 0.25) is 0 Å². The highest BCUT2D eigenvalue weighted by Crippen LogP contribution is 2.30. The Labute approximate surface area is 162 Å². The standard InChI is InChI=1S/C21H23N3O2S/c1-13-14(2)27-20-18(13)19(25)22-17(23-20)12-24(21(26)16-9-6-10-16)11-15-7-4-3-5-8-15/h3-5,7-8,16H,6,9-12H2,1-2H3,(H,22,23,25). The van der Waals surface area contributed by atoms with Gasteiger partial charge in [0.2, 0.25) is 5.91 Å². The van der Waals surface area contributed by atoms with Crippen LogP contribution in [0, 0.1) is 19.8 Å². The maximum Gasteiger partial charge on any atom is 0.259 e. The molecule has 0 spiro atoms. The summed E-state index contributed by atoms with van der Waals surface area (Å²) >= 11 is 1.53. The van der Waals surface area contributed by atoms with E-state index in [9.17, 15) is 9.59 Å². The van der Waals surface area contributed by atoms with Gasteiger partial charge in [0.15, 0.2) is 0 Å². The second-order valence-electron chi connectivity index (χ2n) is 7.28. The van der Waals surface area contributed by atoms with E-state index in [1.54, 1.807) is 0 Å². The van der Waals surface area contributed by atoms with E-state index in [-0.39, 0.29) is 17.4 Å². The van der Waals surface area contributed by atoms with E-state index in [0.29, 0.717) is 24.3 Å². The van der Waals surface area contributed by atoms with Crippen molar-refractivity contribution in [1.82, 2.24) is 14.9 Å². The number of rotatable bonds is 5. The number of nitrogens with one attached hydrogen (secondary N) is 1. The minimum absolute atomic E-state index is 0.107. The van der Waals surface area contributed by atoms with Crippen molar-refractivity contribution in [3.05, 3.63) is 62.5 Å². The first kappa shape index (κ1) is 17.9. The van der Waals surface area contributed by atoms with Gasteiger partial charge >= 0.3 is 0 Å². The molecule has 1 aromatic carbocycles. The summed E-state index contributed by atoms with van der Waals surface area (Å²) in [5.74, 6) is 0.819. The zero-order valence-corrected chi connectivity index (χ0v) is 16.4. The summed E-state index contributed by atoms with van der Waals surface area (Å²) in [6.07, 6.45) is 3.03. The third-order valence-corrected chi connectivity index (χ3v) is 6.51. The molecule has 1 N–H and O–H groups in total. The number of nitrogens with zero attached hydrogens (tertiary/aromatic N) is 2. The van der Waals surface area contributed by atoms with E-state index in [1.807, 2.05) is 49.1 Å². The van der Waals surface area contributed by atoms with E-state index in [2.05, 4.69) is 9.97 Å². The molecule has 5 nitrogen and oxygen atoms in total. The summed E-state index contributed by atoms with van der Waals surface area (Å²) in [6.45, 7) is 4.81. The Balaban J connectivity index is 1.65. The molecule has 0 saturated heterocycles. The molecule has 1 amide bonds. The van der Waals surface area contributed by atoms with Crippen LogP contribution in [0.15, 0.2) is 35.1 Å². The lowest BCUT2D eigenvalue weighted by molar-refractivity contribution is -0.139. The molecule has 2 aromatic heterocycles. The number of carbonyl (C=O) groups excluding carboxylic acids is 1. The summed E-state index contributed by atoms with van der Waals surface area (Å²) in [5, 5.41) is 0.668. The summed E-state index contributed by atoms with van der Waals surface area (Å²) in [6, 6.07) is 9.96. The number of hydrogen-bond donors (Lipinski definition) is 1. The summed E-state index contributed by atoms with van der Waals surface area (Å²) in [4.78, 5) is 36.7. The largest absolute Gasteiger partial charge is 0.331 e. The number of thiophene rings is 1. The molecule has 0 radical (unpaired) electrons. The molecule has 1 aliphatic rings. The molecular weight excluding hydrogens is 358 g/mol. The molecule has 2 heterocycles. The smallest absolute Gasteiger partial charge is 0.259 e. The Morgan fingerprint density at radius 1 is 1.22 bits per heavy atom. The fourth-order valence-corrected chi connectivity index (χ4v) is 4.53. The van der Waals surface area contributed by atoms with E-state index in [4.69, 9.17) is 0 Å². The lowest BCUT2D eigenvalue weighted by Gasteiger charge is -2.31. The minimum Gasteiger partial charge on any atom is -0.331 e. The number of aromatic amines is 1. The molecule has 27 heavy (non-hydrogen) atoms. The summed E-state index contributed by atoms with van der Waals surface area (Å²) < 4.78 is 0. The number of H-pyrrole nitrogens is 1. The first-order chi connectivity index (χ1) is 13.0. The Morgan fingerprint density at radius 3 is 2.63 bits per heavy atom. The zero-order chi connectivity index (χ0) is 19.0. The first-order valence-electron chi connectivity index (χ1n) is 9.34. The van der Waals surface area contributed by atoms with Crippen LogP contribution in [0.25, 0.3) is 10.2 Å². The summed E-state index contributed by atoms with van der Waals surface area (Å²) in [7, 11) is 0. The van der Waals surface area contributed by atoms with Crippen LogP contribution in [0.3, 0.4) is 0 Å². The van der Waals surface area contributed by atoms with E-state index >= 15 is 0 Å². The minimum atomic E-state index is -0.118. The third-order valence-electron chi connectivity index (χ3n) is 5.41. The molecule has 4 rings (SSSR count). The van der Waals surface area contributed by atoms with E-state index < -0.39 is 0 Å². The molecule has 1 fully saturated rings. The molecule has 3 aromatic rings. The van der Waals surface area contributed by atoms with Gasteiger partial charge in [0.25, 0.3) is 5.56 Å². The predicted octanol–water partition coefficient (Wildman–Crippen LogP) is 3.93. The average molecular weight is 382 g/mol. The predicted molar refractivity (Wildman–Crippen MR) is 108 cm³/mol. The van der Waals surface area contributed by atoms with Crippen molar-refractivity contribution in [3.63, 3.8) is 0 Å². The number of amides is 1. The Kier molecular flexibility index (Phi) is 4.83.